The Morgan fingerprint density at radius 1 is 1.27 bits per heavy atom. The number of hydrogen-bond acceptors (Lipinski definition) is 4. The molecule has 1 heterocycles. The molecule has 1 aromatic rings. The second kappa shape index (κ2) is 6.16. The first kappa shape index (κ1) is 16.6. The number of amides is 1. The van der Waals surface area contributed by atoms with Crippen LogP contribution < -0.4 is 0 Å². The minimum absolute atomic E-state index is 0.341. The van der Waals surface area contributed by atoms with Crippen molar-refractivity contribution in [2.45, 2.75) is 39.3 Å². The van der Waals surface area contributed by atoms with Gasteiger partial charge in [-0.05, 0) is 44.4 Å². The minimum atomic E-state index is -0.524. The number of carbonyl (C=O) groups excluding carboxylic acids is 2. The van der Waals surface area contributed by atoms with Crippen molar-refractivity contribution in [2.75, 3.05) is 13.7 Å². The molecule has 5 nitrogen and oxygen atoms in total. The summed E-state index contributed by atoms with van der Waals surface area (Å²) in [6.45, 7) is 6.44. The maximum atomic E-state index is 12.1. The molecule has 0 bridgehead atoms. The highest BCUT2D eigenvalue weighted by atomic mass is 35.5. The SMILES string of the molecule is COC(=O)c1ccc2c(c1Cl)CCN(C(=O)OC(C)(C)C)C2. The Morgan fingerprint density at radius 3 is 2.55 bits per heavy atom. The molecular weight excluding hydrogens is 306 g/mol. The van der Waals surface area contributed by atoms with Crippen molar-refractivity contribution in [3.05, 3.63) is 33.8 Å². The van der Waals surface area contributed by atoms with Crippen LogP contribution in [0.4, 0.5) is 4.79 Å². The van der Waals surface area contributed by atoms with E-state index in [4.69, 9.17) is 21.1 Å². The second-order valence-electron chi connectivity index (χ2n) is 6.21. The average Bonchev–Trinajstić information content (AvgIpc) is 2.44. The van der Waals surface area contributed by atoms with Gasteiger partial charge in [0.2, 0.25) is 0 Å². The lowest BCUT2D eigenvalue weighted by molar-refractivity contribution is 0.0223. The number of fused-ring (bicyclic) bond motifs is 1. The maximum Gasteiger partial charge on any atom is 0.410 e. The first-order valence-electron chi connectivity index (χ1n) is 7.09. The van der Waals surface area contributed by atoms with Crippen LogP contribution in [0, 0.1) is 0 Å². The molecule has 22 heavy (non-hydrogen) atoms. The summed E-state index contributed by atoms with van der Waals surface area (Å²) in [5.74, 6) is -0.456. The number of carbonyl (C=O) groups is 2. The highest BCUT2D eigenvalue weighted by Crippen LogP contribution is 2.30. The summed E-state index contributed by atoms with van der Waals surface area (Å²) in [4.78, 5) is 25.4. The van der Waals surface area contributed by atoms with E-state index in [-0.39, 0.29) is 6.09 Å². The molecule has 1 aliphatic rings. The summed E-state index contributed by atoms with van der Waals surface area (Å²) < 4.78 is 10.1. The minimum Gasteiger partial charge on any atom is -0.465 e. The van der Waals surface area contributed by atoms with Crippen molar-refractivity contribution in [3.63, 3.8) is 0 Å². The number of benzene rings is 1. The van der Waals surface area contributed by atoms with Gasteiger partial charge in [-0.25, -0.2) is 9.59 Å². The molecule has 0 fully saturated rings. The van der Waals surface area contributed by atoms with Crippen LogP contribution in [0.2, 0.25) is 5.02 Å². The molecule has 1 aliphatic heterocycles. The Morgan fingerprint density at radius 2 is 1.95 bits per heavy atom. The normalized spacial score (nSPS) is 14.3. The predicted octanol–water partition coefficient (Wildman–Crippen LogP) is 3.42. The van der Waals surface area contributed by atoms with Crippen LogP contribution in [0.15, 0.2) is 12.1 Å². The van der Waals surface area contributed by atoms with Gasteiger partial charge in [0.25, 0.3) is 0 Å². The third kappa shape index (κ3) is 3.53. The summed E-state index contributed by atoms with van der Waals surface area (Å²) in [6.07, 6.45) is 0.240. The van der Waals surface area contributed by atoms with E-state index in [0.717, 1.165) is 11.1 Å². The van der Waals surface area contributed by atoms with Gasteiger partial charge in [-0.15, -0.1) is 0 Å². The van der Waals surface area contributed by atoms with Gasteiger partial charge in [0.1, 0.15) is 5.60 Å². The number of esters is 1. The molecule has 0 aromatic heterocycles. The largest absolute Gasteiger partial charge is 0.465 e. The van der Waals surface area contributed by atoms with Gasteiger partial charge in [0.05, 0.1) is 17.7 Å². The fourth-order valence-corrected chi connectivity index (χ4v) is 2.72. The quantitative estimate of drug-likeness (QED) is 0.742. The molecule has 1 aromatic carbocycles. The van der Waals surface area contributed by atoms with Crippen LogP contribution in [0.1, 0.15) is 42.3 Å². The topological polar surface area (TPSA) is 55.8 Å². The van der Waals surface area contributed by atoms with Crippen molar-refractivity contribution >= 4 is 23.7 Å². The zero-order chi connectivity index (χ0) is 16.5. The van der Waals surface area contributed by atoms with Gasteiger partial charge in [0.15, 0.2) is 0 Å². The van der Waals surface area contributed by atoms with Gasteiger partial charge in [-0.1, -0.05) is 17.7 Å². The molecule has 2 rings (SSSR count). The van der Waals surface area contributed by atoms with Crippen LogP contribution in [-0.2, 0) is 22.4 Å². The van der Waals surface area contributed by atoms with Crippen LogP contribution in [-0.4, -0.2) is 36.2 Å². The van der Waals surface area contributed by atoms with E-state index in [2.05, 4.69) is 0 Å². The molecule has 1 amide bonds. The fourth-order valence-electron chi connectivity index (χ4n) is 2.36. The number of nitrogens with zero attached hydrogens (tertiary/aromatic N) is 1. The van der Waals surface area contributed by atoms with Crippen LogP contribution >= 0.6 is 11.6 Å². The van der Waals surface area contributed by atoms with Crippen molar-refractivity contribution in [1.29, 1.82) is 0 Å². The Kier molecular flexibility index (Phi) is 4.66. The molecule has 0 spiro atoms. The lowest BCUT2D eigenvalue weighted by Gasteiger charge is -2.31. The standard InChI is InChI=1S/C16H20ClNO4/c1-16(2,3)22-15(20)18-8-7-11-10(9-18)5-6-12(13(11)17)14(19)21-4/h5-6H,7-9H2,1-4H3. The average molecular weight is 326 g/mol. The van der Waals surface area contributed by atoms with Crippen LogP contribution in [0.5, 0.6) is 0 Å². The fraction of sp³-hybridized carbons (Fsp3) is 0.500. The van der Waals surface area contributed by atoms with E-state index in [1.54, 1.807) is 11.0 Å². The first-order chi connectivity index (χ1) is 10.2. The van der Waals surface area contributed by atoms with Gasteiger partial charge in [-0.2, -0.15) is 0 Å². The molecule has 0 atom stereocenters. The number of hydrogen-bond donors (Lipinski definition) is 0. The molecule has 0 N–H and O–H groups in total. The highest BCUT2D eigenvalue weighted by molar-refractivity contribution is 6.34. The summed E-state index contributed by atoms with van der Waals surface area (Å²) in [5, 5.41) is 0.410. The Labute approximate surface area is 135 Å². The number of rotatable bonds is 1. The summed E-state index contributed by atoms with van der Waals surface area (Å²) in [6, 6.07) is 3.44. The Hall–Kier alpha value is -1.75. The van der Waals surface area contributed by atoms with E-state index in [1.165, 1.54) is 7.11 Å². The lowest BCUT2D eigenvalue weighted by Crippen LogP contribution is -2.40. The third-order valence-corrected chi connectivity index (χ3v) is 3.82. The molecule has 0 saturated carbocycles. The van der Waals surface area contributed by atoms with Gasteiger partial charge in [-0.3, -0.25) is 0 Å². The Balaban J connectivity index is 2.20. The summed E-state index contributed by atoms with van der Waals surface area (Å²) >= 11 is 6.30. The summed E-state index contributed by atoms with van der Waals surface area (Å²) in [7, 11) is 1.32. The number of methoxy groups -OCH3 is 1. The van der Waals surface area contributed by atoms with Crippen LogP contribution in [0.25, 0.3) is 0 Å². The molecule has 0 saturated heterocycles. The summed E-state index contributed by atoms with van der Waals surface area (Å²) in [5.41, 5.74) is 1.65. The van der Waals surface area contributed by atoms with Gasteiger partial charge in [0, 0.05) is 13.1 Å². The number of halogens is 1. The van der Waals surface area contributed by atoms with Crippen molar-refractivity contribution < 1.29 is 19.1 Å². The van der Waals surface area contributed by atoms with Crippen molar-refractivity contribution in [2.24, 2.45) is 0 Å². The number of ether oxygens (including phenoxy) is 2. The monoisotopic (exact) mass is 325 g/mol. The molecule has 6 heteroatoms. The molecular formula is C16H20ClNO4. The van der Waals surface area contributed by atoms with Crippen molar-refractivity contribution in [3.8, 4) is 0 Å². The van der Waals surface area contributed by atoms with E-state index in [0.29, 0.717) is 30.1 Å². The molecule has 120 valence electrons. The molecule has 0 aliphatic carbocycles. The zero-order valence-electron chi connectivity index (χ0n) is 13.2. The van der Waals surface area contributed by atoms with E-state index in [9.17, 15) is 9.59 Å². The Bertz CT molecular complexity index is 607. The lowest BCUT2D eigenvalue weighted by atomic mass is 9.97. The van der Waals surface area contributed by atoms with Gasteiger partial charge < -0.3 is 14.4 Å². The first-order valence-corrected chi connectivity index (χ1v) is 7.47. The predicted molar refractivity (Wildman–Crippen MR) is 83.1 cm³/mol. The second-order valence-corrected chi connectivity index (χ2v) is 6.59. The van der Waals surface area contributed by atoms with Crippen molar-refractivity contribution in [1.82, 2.24) is 4.90 Å². The zero-order valence-corrected chi connectivity index (χ0v) is 14.0. The van der Waals surface area contributed by atoms with E-state index < -0.39 is 11.6 Å². The molecule has 0 unspecified atom stereocenters. The van der Waals surface area contributed by atoms with Crippen LogP contribution in [0.3, 0.4) is 0 Å². The smallest absolute Gasteiger partial charge is 0.410 e. The van der Waals surface area contributed by atoms with Gasteiger partial charge >= 0.3 is 12.1 Å². The van der Waals surface area contributed by atoms with E-state index in [1.807, 2.05) is 26.8 Å². The highest BCUT2D eigenvalue weighted by Gasteiger charge is 2.28. The van der Waals surface area contributed by atoms with E-state index >= 15 is 0 Å². The third-order valence-electron chi connectivity index (χ3n) is 3.39. The molecule has 0 radical (unpaired) electrons. The maximum absolute atomic E-state index is 12.1.